The van der Waals surface area contributed by atoms with E-state index < -0.39 is 0 Å². The van der Waals surface area contributed by atoms with Crippen molar-refractivity contribution in [2.75, 3.05) is 0 Å². The smallest absolute Gasteiger partial charge is 0.226 e. The molecule has 0 unspecified atom stereocenters. The predicted molar refractivity (Wildman–Crippen MR) is 95.1 cm³/mol. The van der Waals surface area contributed by atoms with Gasteiger partial charge in [0, 0.05) is 24.3 Å². The molecule has 0 fully saturated rings. The molecule has 2 aromatic heterocycles. The number of carbonyl (C=O) groups excluding carboxylic acids is 1. The fraction of sp³-hybridized carbons (Fsp3) is 0.263. The second-order valence-electron chi connectivity index (χ2n) is 5.82. The Bertz CT molecular complexity index is 766. The monoisotopic (exact) mass is 340 g/mol. The summed E-state index contributed by atoms with van der Waals surface area (Å²) in [5.41, 5.74) is 2.06. The van der Waals surface area contributed by atoms with Crippen LogP contribution in [0, 0.1) is 0 Å². The zero-order valence-electron chi connectivity index (χ0n) is 13.6. The van der Waals surface area contributed by atoms with Crippen molar-refractivity contribution >= 4 is 17.2 Å². The quantitative estimate of drug-likeness (QED) is 0.715. The summed E-state index contributed by atoms with van der Waals surface area (Å²) in [4.78, 5) is 16.7. The Hall–Kier alpha value is -2.40. The zero-order valence-corrected chi connectivity index (χ0v) is 14.4. The third-order valence-electron chi connectivity index (χ3n) is 3.63. The van der Waals surface area contributed by atoms with E-state index in [2.05, 4.69) is 22.4 Å². The molecule has 1 aromatic carbocycles. The number of hydrogen-bond donors (Lipinski definition) is 1. The van der Waals surface area contributed by atoms with Gasteiger partial charge in [-0.05, 0) is 24.6 Å². The van der Waals surface area contributed by atoms with Crippen molar-refractivity contribution in [3.05, 3.63) is 76.1 Å². The molecular weight excluding hydrogens is 320 g/mol. The van der Waals surface area contributed by atoms with Crippen molar-refractivity contribution in [3.63, 3.8) is 0 Å². The van der Waals surface area contributed by atoms with Crippen LogP contribution >= 0.6 is 11.3 Å². The Balaban J connectivity index is 1.49. The van der Waals surface area contributed by atoms with E-state index in [4.69, 9.17) is 4.42 Å². The average Bonchev–Trinajstić information content (AvgIpc) is 3.20. The molecule has 0 saturated carbocycles. The fourth-order valence-corrected chi connectivity index (χ4v) is 3.38. The summed E-state index contributed by atoms with van der Waals surface area (Å²) in [5.74, 6) is 0.868. The first-order valence-electron chi connectivity index (χ1n) is 7.98. The molecule has 0 aliphatic rings. The van der Waals surface area contributed by atoms with E-state index in [0.717, 1.165) is 22.9 Å². The molecule has 1 atom stereocenters. The van der Waals surface area contributed by atoms with Crippen molar-refractivity contribution in [2.45, 2.75) is 32.2 Å². The largest absolute Gasteiger partial charge is 0.469 e. The van der Waals surface area contributed by atoms with Gasteiger partial charge in [-0.3, -0.25) is 4.79 Å². The van der Waals surface area contributed by atoms with E-state index in [0.29, 0.717) is 12.8 Å². The van der Waals surface area contributed by atoms with Gasteiger partial charge in [0.2, 0.25) is 5.91 Å². The lowest BCUT2D eigenvalue weighted by Gasteiger charge is -2.11. The Labute approximate surface area is 145 Å². The van der Waals surface area contributed by atoms with Crippen molar-refractivity contribution in [3.8, 4) is 0 Å². The Kier molecular flexibility index (Phi) is 5.43. The summed E-state index contributed by atoms with van der Waals surface area (Å²) >= 11 is 1.60. The summed E-state index contributed by atoms with van der Waals surface area (Å²) in [5, 5.41) is 5.99. The summed E-state index contributed by atoms with van der Waals surface area (Å²) in [6.07, 6.45) is 3.46. The summed E-state index contributed by atoms with van der Waals surface area (Å²) in [6, 6.07) is 14.0. The molecule has 0 radical (unpaired) electrons. The number of rotatable bonds is 7. The van der Waals surface area contributed by atoms with Gasteiger partial charge in [0.15, 0.2) is 0 Å². The second-order valence-corrected chi connectivity index (χ2v) is 6.77. The first-order chi connectivity index (χ1) is 11.7. The van der Waals surface area contributed by atoms with Gasteiger partial charge in [-0.25, -0.2) is 4.98 Å². The van der Waals surface area contributed by atoms with Crippen LogP contribution in [0.4, 0.5) is 0 Å². The number of benzene rings is 1. The normalized spacial score (nSPS) is 12.0. The highest BCUT2D eigenvalue weighted by Gasteiger charge is 2.12. The number of hydrogen-bond acceptors (Lipinski definition) is 4. The maximum absolute atomic E-state index is 12.1. The van der Waals surface area contributed by atoms with Gasteiger partial charge >= 0.3 is 0 Å². The molecular formula is C19H20N2O2S. The molecule has 3 aromatic rings. The SMILES string of the molecule is C[C@H](Cc1ccco1)NC(=O)Cc1csc(Cc2ccccc2)n1. The highest BCUT2D eigenvalue weighted by molar-refractivity contribution is 7.09. The topological polar surface area (TPSA) is 55.1 Å². The van der Waals surface area contributed by atoms with Gasteiger partial charge in [0.05, 0.1) is 23.4 Å². The number of nitrogens with zero attached hydrogens (tertiary/aromatic N) is 1. The van der Waals surface area contributed by atoms with Gasteiger partial charge in [-0.2, -0.15) is 0 Å². The van der Waals surface area contributed by atoms with Gasteiger partial charge in [0.1, 0.15) is 5.76 Å². The minimum absolute atomic E-state index is 0.00869. The van der Waals surface area contributed by atoms with Crippen molar-refractivity contribution in [1.82, 2.24) is 10.3 Å². The summed E-state index contributed by atoms with van der Waals surface area (Å²) in [7, 11) is 0. The predicted octanol–water partition coefficient (Wildman–Crippen LogP) is 3.62. The minimum atomic E-state index is -0.00869. The Morgan fingerprint density at radius 1 is 1.25 bits per heavy atom. The Morgan fingerprint density at radius 2 is 2.08 bits per heavy atom. The van der Waals surface area contributed by atoms with Crippen LogP contribution in [0.5, 0.6) is 0 Å². The number of furan rings is 1. The van der Waals surface area contributed by atoms with Crippen LogP contribution in [-0.4, -0.2) is 16.9 Å². The third kappa shape index (κ3) is 4.80. The summed E-state index contributed by atoms with van der Waals surface area (Å²) < 4.78 is 5.30. The molecule has 3 rings (SSSR count). The minimum Gasteiger partial charge on any atom is -0.469 e. The maximum atomic E-state index is 12.1. The fourth-order valence-electron chi connectivity index (χ4n) is 2.55. The third-order valence-corrected chi connectivity index (χ3v) is 4.53. The van der Waals surface area contributed by atoms with Gasteiger partial charge < -0.3 is 9.73 Å². The van der Waals surface area contributed by atoms with E-state index in [1.165, 1.54) is 5.56 Å². The highest BCUT2D eigenvalue weighted by Crippen LogP contribution is 2.15. The molecule has 124 valence electrons. The first kappa shape index (κ1) is 16.5. The standard InChI is InChI=1S/C19H20N2O2S/c1-14(10-17-8-5-9-23-17)20-18(22)12-16-13-24-19(21-16)11-15-6-3-2-4-7-15/h2-9,13-14H,10-12H2,1H3,(H,20,22)/t14-/m1/s1. The molecule has 1 N–H and O–H groups in total. The van der Waals surface area contributed by atoms with Gasteiger partial charge in [-0.1, -0.05) is 30.3 Å². The lowest BCUT2D eigenvalue weighted by Crippen LogP contribution is -2.35. The molecule has 0 saturated heterocycles. The molecule has 4 nitrogen and oxygen atoms in total. The number of carbonyl (C=O) groups is 1. The number of aromatic nitrogens is 1. The highest BCUT2D eigenvalue weighted by atomic mass is 32.1. The van der Waals surface area contributed by atoms with Crippen LogP contribution in [0.15, 0.2) is 58.5 Å². The maximum Gasteiger partial charge on any atom is 0.226 e. The molecule has 5 heteroatoms. The number of amides is 1. The zero-order chi connectivity index (χ0) is 16.8. The molecule has 0 aliphatic heterocycles. The van der Waals surface area contributed by atoms with Crippen LogP contribution in [-0.2, 0) is 24.1 Å². The molecule has 1 amide bonds. The van der Waals surface area contributed by atoms with Crippen molar-refractivity contribution in [2.24, 2.45) is 0 Å². The number of nitrogens with one attached hydrogen (secondary N) is 1. The van der Waals surface area contributed by atoms with E-state index in [-0.39, 0.29) is 11.9 Å². The van der Waals surface area contributed by atoms with Crippen LogP contribution in [0.1, 0.15) is 28.9 Å². The van der Waals surface area contributed by atoms with E-state index in [9.17, 15) is 4.79 Å². The van der Waals surface area contributed by atoms with E-state index in [1.807, 2.05) is 42.6 Å². The van der Waals surface area contributed by atoms with Gasteiger partial charge in [-0.15, -0.1) is 11.3 Å². The van der Waals surface area contributed by atoms with Crippen LogP contribution in [0.2, 0.25) is 0 Å². The average molecular weight is 340 g/mol. The molecule has 0 aliphatic carbocycles. The van der Waals surface area contributed by atoms with Crippen molar-refractivity contribution in [1.29, 1.82) is 0 Å². The molecule has 2 heterocycles. The number of thiazole rings is 1. The molecule has 0 spiro atoms. The van der Waals surface area contributed by atoms with Crippen LogP contribution < -0.4 is 5.32 Å². The lowest BCUT2D eigenvalue weighted by molar-refractivity contribution is -0.121. The Morgan fingerprint density at radius 3 is 2.83 bits per heavy atom. The van der Waals surface area contributed by atoms with Crippen LogP contribution in [0.3, 0.4) is 0 Å². The summed E-state index contributed by atoms with van der Waals surface area (Å²) in [6.45, 7) is 1.97. The van der Waals surface area contributed by atoms with Crippen LogP contribution in [0.25, 0.3) is 0 Å². The van der Waals surface area contributed by atoms with Gasteiger partial charge in [0.25, 0.3) is 0 Å². The second kappa shape index (κ2) is 7.93. The molecule has 24 heavy (non-hydrogen) atoms. The van der Waals surface area contributed by atoms with Crippen molar-refractivity contribution < 1.29 is 9.21 Å². The van der Waals surface area contributed by atoms with E-state index >= 15 is 0 Å². The lowest BCUT2D eigenvalue weighted by atomic mass is 10.2. The first-order valence-corrected chi connectivity index (χ1v) is 8.86. The molecule has 0 bridgehead atoms. The van der Waals surface area contributed by atoms with E-state index in [1.54, 1.807) is 17.6 Å².